The number of nitrogens with zero attached hydrogens (tertiary/aromatic N) is 7. The van der Waals surface area contributed by atoms with E-state index in [-0.39, 0.29) is 41.4 Å². The highest BCUT2D eigenvalue weighted by Crippen LogP contribution is 2.39. The first kappa shape index (κ1) is 33.6. The number of ether oxygens (including phenoxy) is 1. The van der Waals surface area contributed by atoms with Crippen molar-refractivity contribution in [2.24, 2.45) is 5.73 Å². The van der Waals surface area contributed by atoms with Crippen molar-refractivity contribution in [3.05, 3.63) is 84.0 Å². The van der Waals surface area contributed by atoms with Crippen molar-refractivity contribution in [1.82, 2.24) is 29.5 Å². The molecule has 2 atom stereocenters. The number of pyridine rings is 2. The number of fused-ring (bicyclic) bond motifs is 1. The number of nitrogens with two attached hydrogens (primary N) is 2. The molecule has 4 aromatic heterocycles. The molecular weight excluding hydrogens is 653 g/mol. The van der Waals surface area contributed by atoms with Gasteiger partial charge in [0.2, 0.25) is 0 Å². The van der Waals surface area contributed by atoms with Gasteiger partial charge in [0.1, 0.15) is 17.9 Å². The molecule has 12 nitrogen and oxygen atoms in total. The molecule has 0 amide bonds. The van der Waals surface area contributed by atoms with Crippen LogP contribution in [0.25, 0.3) is 22.6 Å². The third kappa shape index (κ3) is 7.12. The molecule has 0 saturated carbocycles. The number of benzene rings is 1. The highest BCUT2D eigenvalue weighted by molar-refractivity contribution is 5.81. The number of hydrogen-bond acceptors (Lipinski definition) is 11. The van der Waals surface area contributed by atoms with Crippen LogP contribution in [0.2, 0.25) is 0 Å². The average molecular weight is 684 g/mol. The molecule has 1 aliphatic heterocycles. The Kier molecular flexibility index (Phi) is 8.89. The number of esters is 1. The third-order valence-corrected chi connectivity index (χ3v) is 8.17. The van der Waals surface area contributed by atoms with Crippen LogP contribution < -0.4 is 21.1 Å². The number of alkyl halides is 4. The molecule has 49 heavy (non-hydrogen) atoms. The van der Waals surface area contributed by atoms with Crippen LogP contribution in [-0.2, 0) is 17.8 Å². The van der Waals surface area contributed by atoms with Crippen LogP contribution in [0.15, 0.2) is 61.3 Å². The van der Waals surface area contributed by atoms with E-state index in [1.54, 1.807) is 16.7 Å². The maximum Gasteiger partial charge on any atom is 0.315 e. The first-order valence-electron chi connectivity index (χ1n) is 14.9. The summed E-state index contributed by atoms with van der Waals surface area (Å²) in [6, 6.07) is 11.2. The van der Waals surface area contributed by atoms with E-state index in [0.717, 1.165) is 10.5 Å². The molecule has 256 valence electrons. The Labute approximate surface area is 275 Å². The molecule has 1 aromatic carbocycles. The lowest BCUT2D eigenvalue weighted by molar-refractivity contribution is -0.133. The summed E-state index contributed by atoms with van der Waals surface area (Å²) in [5, 5.41) is 10.1. The largest absolute Gasteiger partial charge is 0.421 e. The molecule has 1 aliphatic rings. The van der Waals surface area contributed by atoms with Gasteiger partial charge in [0.05, 0.1) is 54.6 Å². The number of rotatable bonds is 9. The van der Waals surface area contributed by atoms with Crippen LogP contribution >= 0.6 is 0 Å². The van der Waals surface area contributed by atoms with Crippen molar-refractivity contribution in [2.45, 2.75) is 50.3 Å². The molecule has 5 heterocycles. The number of anilines is 2. The topological polar surface area (TPSA) is 171 Å². The highest BCUT2D eigenvalue weighted by Gasteiger charge is 2.53. The van der Waals surface area contributed by atoms with Gasteiger partial charge in [0.15, 0.2) is 17.2 Å². The standard InChI is InChI=1S/C32H30F5N9O3/c1-17-2-4-18(5-3-17)8-24(47)49-23-7-6-20(44-28(23)35)21-9-19(11-45-16-43-25-29(38)41-15-42-30(25)45)22(10-40-21)46-13-31(39,26(48)27(33)34)12-32(36,37)14-46/h2-7,9-10,15-16,26-27,48H,8,11-14,39H2,1H3,(H2,38,41,42)/t26-,31-/m1/s1. The van der Waals surface area contributed by atoms with E-state index in [9.17, 15) is 18.7 Å². The van der Waals surface area contributed by atoms with Gasteiger partial charge in [0, 0.05) is 13.0 Å². The number of piperidine rings is 1. The number of aliphatic hydroxyl groups is 1. The Bertz CT molecular complexity index is 2010. The monoisotopic (exact) mass is 683 g/mol. The number of aryl methyl sites for hydroxylation is 1. The summed E-state index contributed by atoms with van der Waals surface area (Å²) in [5.41, 5.74) is 12.3. The van der Waals surface area contributed by atoms with Gasteiger partial charge >= 0.3 is 5.97 Å². The van der Waals surface area contributed by atoms with Gasteiger partial charge in [-0.05, 0) is 36.2 Å². The lowest BCUT2D eigenvalue weighted by atomic mass is 9.82. The van der Waals surface area contributed by atoms with Gasteiger partial charge in [-0.3, -0.25) is 9.78 Å². The zero-order valence-electron chi connectivity index (χ0n) is 25.9. The minimum Gasteiger partial charge on any atom is -0.421 e. The van der Waals surface area contributed by atoms with E-state index in [1.807, 2.05) is 19.1 Å². The van der Waals surface area contributed by atoms with E-state index in [1.165, 1.54) is 37.1 Å². The Balaban J connectivity index is 1.34. The van der Waals surface area contributed by atoms with Gasteiger partial charge in [0.25, 0.3) is 18.3 Å². The van der Waals surface area contributed by atoms with Crippen LogP contribution in [0.4, 0.5) is 33.5 Å². The zero-order valence-corrected chi connectivity index (χ0v) is 25.9. The lowest BCUT2D eigenvalue weighted by Gasteiger charge is -2.47. The summed E-state index contributed by atoms with van der Waals surface area (Å²) in [6.07, 6.45) is -3.34. The number of aromatic nitrogens is 6. The molecule has 6 rings (SSSR count). The predicted octanol–water partition coefficient (Wildman–Crippen LogP) is 3.68. The van der Waals surface area contributed by atoms with Gasteiger partial charge in [-0.25, -0.2) is 37.5 Å². The molecule has 0 unspecified atom stereocenters. The SMILES string of the molecule is Cc1ccc(CC(=O)Oc2ccc(-c3cc(Cn4cnc5c(N)ncnc54)c(N4CC(F)(F)C[C@](N)([C@H](O)C(F)F)C4)cn3)nc2F)cc1. The molecule has 0 spiro atoms. The number of aliphatic hydroxyl groups excluding tert-OH is 1. The Morgan fingerprint density at radius 3 is 2.53 bits per heavy atom. The summed E-state index contributed by atoms with van der Waals surface area (Å²) >= 11 is 0. The number of halogens is 5. The molecule has 5 aromatic rings. The number of carbonyl (C=O) groups excluding carboxylic acids is 1. The molecule has 1 saturated heterocycles. The summed E-state index contributed by atoms with van der Waals surface area (Å²) in [7, 11) is 0. The average Bonchev–Trinajstić information content (AvgIpc) is 3.45. The fraction of sp³-hybridized carbons (Fsp3) is 0.312. The first-order valence-corrected chi connectivity index (χ1v) is 14.9. The van der Waals surface area contributed by atoms with Crippen molar-refractivity contribution >= 4 is 28.6 Å². The van der Waals surface area contributed by atoms with Gasteiger partial charge in [-0.2, -0.15) is 4.39 Å². The molecular formula is C32H30F5N9O3. The van der Waals surface area contributed by atoms with E-state index in [2.05, 4.69) is 24.9 Å². The van der Waals surface area contributed by atoms with Gasteiger partial charge in [-0.1, -0.05) is 29.8 Å². The molecule has 0 radical (unpaired) electrons. The quantitative estimate of drug-likeness (QED) is 0.118. The second-order valence-electron chi connectivity index (χ2n) is 12.0. The van der Waals surface area contributed by atoms with Crippen molar-refractivity contribution in [2.75, 3.05) is 23.7 Å². The molecule has 5 N–H and O–H groups in total. The normalized spacial score (nSPS) is 18.2. The van der Waals surface area contributed by atoms with Crippen LogP contribution in [0, 0.1) is 12.9 Å². The Morgan fingerprint density at radius 1 is 1.06 bits per heavy atom. The lowest BCUT2D eigenvalue weighted by Crippen LogP contribution is -2.68. The highest BCUT2D eigenvalue weighted by atomic mass is 19.3. The number of imidazole rings is 1. The molecule has 1 fully saturated rings. The van der Waals surface area contributed by atoms with Gasteiger partial charge in [-0.15, -0.1) is 0 Å². The van der Waals surface area contributed by atoms with Crippen molar-refractivity contribution < 1.29 is 36.6 Å². The fourth-order valence-electron chi connectivity index (χ4n) is 5.81. The summed E-state index contributed by atoms with van der Waals surface area (Å²) in [5.74, 6) is -5.67. The fourth-order valence-corrected chi connectivity index (χ4v) is 5.81. The molecule has 17 heteroatoms. The van der Waals surface area contributed by atoms with Crippen molar-refractivity contribution in [3.63, 3.8) is 0 Å². The maximum atomic E-state index is 15.1. The molecule has 0 bridgehead atoms. The zero-order chi connectivity index (χ0) is 35.1. The number of hydrogen-bond donors (Lipinski definition) is 3. The smallest absolute Gasteiger partial charge is 0.315 e. The van der Waals surface area contributed by atoms with Crippen LogP contribution in [0.1, 0.15) is 23.1 Å². The van der Waals surface area contributed by atoms with E-state index in [0.29, 0.717) is 16.8 Å². The Hall–Kier alpha value is -5.29. The second-order valence-corrected chi connectivity index (χ2v) is 12.0. The van der Waals surface area contributed by atoms with Crippen LogP contribution in [0.3, 0.4) is 0 Å². The minimum atomic E-state index is -3.56. The molecule has 0 aliphatic carbocycles. The van der Waals surface area contributed by atoms with Crippen LogP contribution in [-0.4, -0.2) is 77.6 Å². The van der Waals surface area contributed by atoms with Crippen LogP contribution in [0.5, 0.6) is 5.75 Å². The summed E-state index contributed by atoms with van der Waals surface area (Å²) < 4.78 is 79.0. The third-order valence-electron chi connectivity index (χ3n) is 8.17. The minimum absolute atomic E-state index is 0.0101. The van der Waals surface area contributed by atoms with Crippen molar-refractivity contribution in [1.29, 1.82) is 0 Å². The number of nitrogen functional groups attached to an aromatic ring is 1. The summed E-state index contributed by atoms with van der Waals surface area (Å²) in [4.78, 5) is 34.1. The number of carbonyl (C=O) groups is 1. The second kappa shape index (κ2) is 13.0. The van der Waals surface area contributed by atoms with Gasteiger partial charge < -0.3 is 30.8 Å². The van der Waals surface area contributed by atoms with E-state index >= 15 is 13.2 Å². The summed E-state index contributed by atoms with van der Waals surface area (Å²) in [6.45, 7) is 0.356. The van der Waals surface area contributed by atoms with E-state index in [4.69, 9.17) is 16.2 Å². The van der Waals surface area contributed by atoms with E-state index < -0.39 is 61.2 Å². The Morgan fingerprint density at radius 2 is 1.82 bits per heavy atom. The first-order chi connectivity index (χ1) is 23.2. The van der Waals surface area contributed by atoms with Crippen molar-refractivity contribution in [3.8, 4) is 17.1 Å². The predicted molar refractivity (Wildman–Crippen MR) is 167 cm³/mol. The maximum absolute atomic E-state index is 15.1.